The molecule has 2 fully saturated rings. The summed E-state index contributed by atoms with van der Waals surface area (Å²) < 4.78 is 28.1. The standard InChI is InChI=1S/C50H56B2N2O4Si2/c1-47(2)48(3,4)56-51(55-47)37-31-33(53-39-21-13-17-25-43(39)59(9,10)44-26-18-14-22-40(44)53)30-36-35(37)29-34(32-38(36)52-57-49(5,6)50(7,8)58-52)54-41-23-15-19-27-45(41)60(11,12)46-28-20-16-24-42(46)54/h13-32H,1-12H3. The lowest BCUT2D eigenvalue weighted by Gasteiger charge is -2.41. The number of hydrogen-bond donors (Lipinski definition) is 0. The van der Waals surface area contributed by atoms with Gasteiger partial charge in [-0.2, -0.15) is 0 Å². The fourth-order valence-electron chi connectivity index (χ4n) is 9.97. The van der Waals surface area contributed by atoms with Crippen LogP contribution < -0.4 is 41.5 Å². The van der Waals surface area contributed by atoms with Gasteiger partial charge in [-0.05, 0) is 146 Å². The maximum absolute atomic E-state index is 7.02. The van der Waals surface area contributed by atoms with Gasteiger partial charge in [0.05, 0.1) is 22.4 Å². The molecule has 0 aliphatic carbocycles. The zero-order valence-corrected chi connectivity index (χ0v) is 39.2. The Morgan fingerprint density at radius 2 is 0.633 bits per heavy atom. The van der Waals surface area contributed by atoms with Crippen molar-refractivity contribution in [3.63, 3.8) is 0 Å². The maximum atomic E-state index is 7.02. The number of rotatable bonds is 4. The van der Waals surface area contributed by atoms with Crippen LogP contribution in [0.4, 0.5) is 34.1 Å². The van der Waals surface area contributed by atoms with E-state index in [9.17, 15) is 0 Å². The van der Waals surface area contributed by atoms with Gasteiger partial charge < -0.3 is 28.4 Å². The smallest absolute Gasteiger partial charge is 0.399 e. The van der Waals surface area contributed by atoms with Gasteiger partial charge in [0.1, 0.15) is 16.1 Å². The highest BCUT2D eigenvalue weighted by Gasteiger charge is 2.54. The van der Waals surface area contributed by atoms with Crippen LogP contribution in [-0.2, 0) is 18.6 Å². The third-order valence-corrected chi connectivity index (χ3v) is 22.0. The molecule has 0 aromatic heterocycles. The Morgan fingerprint density at radius 1 is 0.383 bits per heavy atom. The first-order valence-corrected chi connectivity index (χ1v) is 27.5. The summed E-state index contributed by atoms with van der Waals surface area (Å²) in [5.74, 6) is 0. The van der Waals surface area contributed by atoms with Crippen LogP contribution in [0.2, 0.25) is 26.2 Å². The van der Waals surface area contributed by atoms with Gasteiger partial charge in [0.25, 0.3) is 0 Å². The second kappa shape index (κ2) is 13.1. The van der Waals surface area contributed by atoms with Gasteiger partial charge in [-0.15, -0.1) is 0 Å². The number of fused-ring (bicyclic) bond motifs is 5. The summed E-state index contributed by atoms with van der Waals surface area (Å²) in [4.78, 5) is 4.92. The first-order chi connectivity index (χ1) is 28.2. The van der Waals surface area contributed by atoms with E-state index in [0.717, 1.165) is 33.1 Å². The van der Waals surface area contributed by atoms with Crippen molar-refractivity contribution in [2.24, 2.45) is 0 Å². The second-order valence-corrected chi connectivity index (χ2v) is 29.0. The largest absolute Gasteiger partial charge is 0.495 e. The zero-order chi connectivity index (χ0) is 42.4. The Labute approximate surface area is 359 Å². The Kier molecular flexibility index (Phi) is 8.64. The molecule has 0 amide bonds. The molecule has 0 unspecified atom stereocenters. The summed E-state index contributed by atoms with van der Waals surface area (Å²) in [5.41, 5.74) is 6.72. The van der Waals surface area contributed by atoms with E-state index >= 15 is 0 Å². The topological polar surface area (TPSA) is 43.4 Å². The van der Waals surface area contributed by atoms with E-state index < -0.39 is 52.8 Å². The molecule has 0 atom stereocenters. The number of benzene rings is 6. The van der Waals surface area contributed by atoms with Gasteiger partial charge in [0.2, 0.25) is 0 Å². The molecule has 10 heteroatoms. The van der Waals surface area contributed by atoms with Crippen molar-refractivity contribution < 1.29 is 18.6 Å². The Balaban J connectivity index is 1.30. The van der Waals surface area contributed by atoms with Crippen molar-refractivity contribution in [2.75, 3.05) is 9.80 Å². The summed E-state index contributed by atoms with van der Waals surface area (Å²) in [6, 6.07) is 45.3. The van der Waals surface area contributed by atoms with E-state index in [1.54, 1.807) is 0 Å². The highest BCUT2D eigenvalue weighted by molar-refractivity contribution is 7.03. The van der Waals surface area contributed by atoms with Crippen LogP contribution in [0.3, 0.4) is 0 Å². The van der Waals surface area contributed by atoms with Crippen molar-refractivity contribution in [1.82, 2.24) is 0 Å². The van der Waals surface area contributed by atoms with Crippen molar-refractivity contribution in [3.8, 4) is 0 Å². The van der Waals surface area contributed by atoms with E-state index in [1.165, 1.54) is 43.5 Å². The van der Waals surface area contributed by atoms with Crippen molar-refractivity contribution in [1.29, 1.82) is 0 Å². The lowest BCUT2D eigenvalue weighted by Crippen LogP contribution is -2.58. The fraction of sp³-hybridized carbons (Fsp3) is 0.320. The van der Waals surface area contributed by atoms with E-state index in [1.807, 2.05) is 0 Å². The third-order valence-electron chi connectivity index (χ3n) is 14.9. The zero-order valence-electron chi connectivity index (χ0n) is 37.2. The highest BCUT2D eigenvalue weighted by atomic mass is 28.3. The van der Waals surface area contributed by atoms with Gasteiger partial charge in [-0.1, -0.05) is 99.0 Å². The minimum absolute atomic E-state index is 0.549. The molecule has 60 heavy (non-hydrogen) atoms. The Bertz CT molecular complexity index is 2430. The lowest BCUT2D eigenvalue weighted by molar-refractivity contribution is 0.00578. The molecule has 6 nitrogen and oxygen atoms in total. The molecule has 0 spiro atoms. The lowest BCUT2D eigenvalue weighted by atomic mass is 9.70. The van der Waals surface area contributed by atoms with E-state index in [0.29, 0.717) is 0 Å². The summed E-state index contributed by atoms with van der Waals surface area (Å²) in [6.45, 7) is 27.0. The predicted molar refractivity (Wildman–Crippen MR) is 258 cm³/mol. The van der Waals surface area contributed by atoms with Gasteiger partial charge in [0, 0.05) is 34.1 Å². The molecule has 304 valence electrons. The summed E-state index contributed by atoms with van der Waals surface area (Å²) in [5, 5.41) is 7.75. The van der Waals surface area contributed by atoms with Crippen LogP contribution in [0.5, 0.6) is 0 Å². The Morgan fingerprint density at radius 3 is 0.900 bits per heavy atom. The molecule has 4 aliphatic rings. The van der Waals surface area contributed by atoms with Crippen molar-refractivity contribution in [3.05, 3.63) is 121 Å². The van der Waals surface area contributed by atoms with Gasteiger partial charge in [-0.25, -0.2) is 0 Å². The number of anilines is 6. The molecule has 0 radical (unpaired) electrons. The molecule has 6 aromatic rings. The molecular formula is C50H56B2N2O4Si2. The van der Waals surface area contributed by atoms with Crippen molar-refractivity contribution in [2.45, 2.75) is 104 Å². The average Bonchev–Trinajstić information content (AvgIpc) is 3.56. The molecule has 4 heterocycles. The van der Waals surface area contributed by atoms with E-state index in [4.69, 9.17) is 18.6 Å². The molecule has 6 aromatic carbocycles. The molecule has 10 rings (SSSR count). The van der Waals surface area contributed by atoms with Crippen LogP contribution in [-0.4, -0.2) is 52.8 Å². The molecule has 0 saturated carbocycles. The summed E-state index contributed by atoms with van der Waals surface area (Å²) in [7, 11) is -5.33. The molecule has 0 N–H and O–H groups in total. The monoisotopic (exact) mass is 826 g/mol. The summed E-state index contributed by atoms with van der Waals surface area (Å²) >= 11 is 0. The molecular weight excluding hydrogens is 770 g/mol. The molecule has 4 aliphatic heterocycles. The Hall–Kier alpha value is -4.42. The normalized spacial score (nSPS) is 21.1. The SMILES string of the molecule is CC1(C)OB(c2cc(N3c4ccccc4[Si](C)(C)c4ccccc43)cc3c(B4OC(C)(C)C(C)(C)O4)cc(N4c5ccccc5[Si](C)(C)c5ccccc54)cc23)OC1(C)C. The molecule has 2 saturated heterocycles. The van der Waals surface area contributed by atoms with Gasteiger partial charge in [0.15, 0.2) is 0 Å². The van der Waals surface area contributed by atoms with Crippen LogP contribution in [0.25, 0.3) is 10.8 Å². The average molecular weight is 827 g/mol. The number of nitrogens with zero attached hydrogens (tertiary/aromatic N) is 2. The van der Waals surface area contributed by atoms with Gasteiger partial charge in [-0.3, -0.25) is 0 Å². The third kappa shape index (κ3) is 5.67. The number of hydrogen-bond acceptors (Lipinski definition) is 6. The maximum Gasteiger partial charge on any atom is 0.495 e. The van der Waals surface area contributed by atoms with E-state index in [-0.39, 0.29) is 0 Å². The summed E-state index contributed by atoms with van der Waals surface area (Å²) in [6.07, 6.45) is 0. The first-order valence-electron chi connectivity index (χ1n) is 21.5. The quantitative estimate of drug-likeness (QED) is 0.166. The predicted octanol–water partition coefficient (Wildman–Crippen LogP) is 8.65. The number of para-hydroxylation sites is 4. The van der Waals surface area contributed by atoms with Crippen LogP contribution in [0.15, 0.2) is 121 Å². The van der Waals surface area contributed by atoms with E-state index in [2.05, 4.69) is 213 Å². The highest BCUT2D eigenvalue weighted by Crippen LogP contribution is 2.45. The van der Waals surface area contributed by atoms with Crippen LogP contribution in [0.1, 0.15) is 55.4 Å². The molecule has 0 bridgehead atoms. The van der Waals surface area contributed by atoms with Crippen LogP contribution in [0, 0.1) is 0 Å². The fourth-order valence-corrected chi connectivity index (χ4v) is 15.9. The van der Waals surface area contributed by atoms with Crippen molar-refractivity contribution >= 4 is 107 Å². The van der Waals surface area contributed by atoms with Crippen LogP contribution >= 0.6 is 0 Å². The minimum Gasteiger partial charge on any atom is -0.399 e. The second-order valence-electron chi connectivity index (χ2n) is 20.3. The van der Waals surface area contributed by atoms with Gasteiger partial charge >= 0.3 is 14.2 Å². The minimum atomic E-state index is -2.03. The first kappa shape index (κ1) is 39.7.